The van der Waals surface area contributed by atoms with Gasteiger partial charge >= 0.3 is 12.1 Å². The highest BCUT2D eigenvalue weighted by Gasteiger charge is 2.29. The highest BCUT2D eigenvalue weighted by molar-refractivity contribution is 5.81. The first-order chi connectivity index (χ1) is 12.0. The third-order valence-corrected chi connectivity index (χ3v) is 4.88. The molecule has 1 saturated heterocycles. The molecule has 1 amide bonds. The molecule has 1 aliphatic carbocycles. The van der Waals surface area contributed by atoms with Crippen molar-refractivity contribution in [3.63, 3.8) is 0 Å². The van der Waals surface area contributed by atoms with Crippen molar-refractivity contribution in [2.75, 3.05) is 18.4 Å². The summed E-state index contributed by atoms with van der Waals surface area (Å²) in [4.78, 5) is 22.8. The Hall–Kier alpha value is -2.76. The van der Waals surface area contributed by atoms with E-state index in [0.717, 1.165) is 17.7 Å². The molecule has 0 bridgehead atoms. The number of allylic oxidation sites excluding steroid dienone is 3. The van der Waals surface area contributed by atoms with E-state index in [1.54, 1.807) is 0 Å². The quantitative estimate of drug-likeness (QED) is 0.730. The average Bonchev–Trinajstić information content (AvgIpc) is 3.06. The molecule has 0 saturated carbocycles. The van der Waals surface area contributed by atoms with E-state index >= 15 is 0 Å². The van der Waals surface area contributed by atoms with Crippen LogP contribution in [-0.2, 0) is 11.2 Å². The minimum atomic E-state index is -0.790. The topological polar surface area (TPSA) is 89.9 Å². The largest absolute Gasteiger partial charge is 0.480 e. The van der Waals surface area contributed by atoms with E-state index in [0.29, 0.717) is 31.3 Å². The zero-order valence-electron chi connectivity index (χ0n) is 13.8. The van der Waals surface area contributed by atoms with Crippen molar-refractivity contribution in [2.24, 2.45) is 11.8 Å². The molecule has 3 N–H and O–H groups in total. The predicted molar refractivity (Wildman–Crippen MR) is 94.7 cm³/mol. The Labute approximate surface area is 146 Å². The van der Waals surface area contributed by atoms with E-state index in [-0.39, 0.29) is 0 Å². The van der Waals surface area contributed by atoms with Crippen molar-refractivity contribution in [2.45, 2.75) is 18.9 Å². The van der Waals surface area contributed by atoms with Gasteiger partial charge in [0.1, 0.15) is 6.04 Å². The minimum absolute atomic E-state index is 0.398. The van der Waals surface area contributed by atoms with E-state index in [2.05, 4.69) is 23.5 Å². The van der Waals surface area contributed by atoms with E-state index in [1.807, 2.05) is 30.3 Å². The highest BCUT2D eigenvalue weighted by atomic mass is 16.4. The molecule has 3 atom stereocenters. The van der Waals surface area contributed by atoms with Crippen molar-refractivity contribution in [3.8, 4) is 0 Å². The van der Waals surface area contributed by atoms with Gasteiger partial charge in [-0.05, 0) is 24.0 Å². The van der Waals surface area contributed by atoms with Crippen LogP contribution in [0.25, 0.3) is 0 Å². The molecule has 4 rings (SSSR count). The molecule has 3 unspecified atom stereocenters. The second kappa shape index (κ2) is 7.42. The number of hydrogen-bond acceptors (Lipinski definition) is 3. The first kappa shape index (κ1) is 17.1. The summed E-state index contributed by atoms with van der Waals surface area (Å²) in [7, 11) is 0. The summed E-state index contributed by atoms with van der Waals surface area (Å²) >= 11 is 0. The fourth-order valence-electron chi connectivity index (χ4n) is 3.48. The number of aliphatic carboxylic acids is 1. The number of anilines is 1. The second-order valence-electron chi connectivity index (χ2n) is 6.51. The summed E-state index contributed by atoms with van der Waals surface area (Å²) in [5, 5.41) is 20.5. The van der Waals surface area contributed by atoms with Gasteiger partial charge in [-0.15, -0.1) is 0 Å². The zero-order chi connectivity index (χ0) is 17.8. The molecule has 6 heteroatoms. The van der Waals surface area contributed by atoms with Crippen molar-refractivity contribution in [1.29, 1.82) is 0 Å². The molecule has 6 nitrogen and oxygen atoms in total. The van der Waals surface area contributed by atoms with Crippen molar-refractivity contribution < 1.29 is 19.8 Å². The predicted octanol–water partition coefficient (Wildman–Crippen LogP) is 2.84. The van der Waals surface area contributed by atoms with E-state index in [4.69, 9.17) is 10.2 Å². The summed E-state index contributed by atoms with van der Waals surface area (Å²) in [6.07, 6.45) is 9.11. The standard InChI is InChI=1S/C10H13NO2.C9H9NO2/c12-10(13)11-6-5-8-3-1-2-4-9(8)7-11;11-9(12)8-5-6-3-1-2-4-7(6)10-8/h1-4,8-9H,5-7H2,(H,12,13);1-4,8,10H,5H2,(H,11,12). The van der Waals surface area contributed by atoms with Crippen molar-refractivity contribution >= 4 is 17.7 Å². The summed E-state index contributed by atoms with van der Waals surface area (Å²) in [5.74, 6) is 0.168. The van der Waals surface area contributed by atoms with Crippen LogP contribution < -0.4 is 5.32 Å². The van der Waals surface area contributed by atoms with E-state index in [9.17, 15) is 9.59 Å². The van der Waals surface area contributed by atoms with Crippen LogP contribution >= 0.6 is 0 Å². The molecule has 25 heavy (non-hydrogen) atoms. The zero-order valence-corrected chi connectivity index (χ0v) is 13.8. The van der Waals surface area contributed by atoms with Crippen LogP contribution in [0.1, 0.15) is 12.0 Å². The van der Waals surface area contributed by atoms with Crippen molar-refractivity contribution in [1.82, 2.24) is 4.90 Å². The van der Waals surface area contributed by atoms with Gasteiger partial charge in [0.05, 0.1) is 0 Å². The highest BCUT2D eigenvalue weighted by Crippen LogP contribution is 2.28. The number of rotatable bonds is 1. The molecule has 1 aromatic rings. The van der Waals surface area contributed by atoms with Gasteiger partial charge in [-0.1, -0.05) is 42.5 Å². The number of hydrogen-bond donors (Lipinski definition) is 3. The Morgan fingerprint density at radius 2 is 1.80 bits per heavy atom. The molecule has 2 heterocycles. The summed E-state index contributed by atoms with van der Waals surface area (Å²) < 4.78 is 0. The van der Waals surface area contributed by atoms with E-state index in [1.165, 1.54) is 4.90 Å². The lowest BCUT2D eigenvalue weighted by Crippen LogP contribution is -2.42. The van der Waals surface area contributed by atoms with Gasteiger partial charge in [0.15, 0.2) is 0 Å². The number of para-hydroxylation sites is 1. The number of carboxylic acids is 1. The molecule has 132 valence electrons. The maximum absolute atomic E-state index is 10.7. The third-order valence-electron chi connectivity index (χ3n) is 4.88. The van der Waals surface area contributed by atoms with Crippen molar-refractivity contribution in [3.05, 3.63) is 54.1 Å². The fourth-order valence-corrected chi connectivity index (χ4v) is 3.48. The molecule has 0 aromatic heterocycles. The smallest absolute Gasteiger partial charge is 0.407 e. The molecule has 3 aliphatic rings. The normalized spacial score (nSPS) is 25.9. The van der Waals surface area contributed by atoms with Crippen LogP contribution in [0.3, 0.4) is 0 Å². The first-order valence-electron chi connectivity index (χ1n) is 8.44. The lowest BCUT2D eigenvalue weighted by Gasteiger charge is -2.35. The van der Waals surface area contributed by atoms with Gasteiger partial charge in [0, 0.05) is 31.1 Å². The number of benzene rings is 1. The van der Waals surface area contributed by atoms with Gasteiger partial charge in [0.2, 0.25) is 0 Å². The number of nitrogens with one attached hydrogen (secondary N) is 1. The molecule has 1 fully saturated rings. The number of amides is 1. The molecule has 0 spiro atoms. The minimum Gasteiger partial charge on any atom is -0.480 e. The number of fused-ring (bicyclic) bond motifs is 2. The lowest BCUT2D eigenvalue weighted by atomic mass is 9.83. The van der Waals surface area contributed by atoms with Gasteiger partial charge in [-0.3, -0.25) is 0 Å². The number of carboxylic acid groups (broad SMARTS) is 2. The number of piperidine rings is 1. The van der Waals surface area contributed by atoms with Crippen LogP contribution in [-0.4, -0.2) is 46.3 Å². The second-order valence-corrected chi connectivity index (χ2v) is 6.51. The van der Waals surface area contributed by atoms with E-state index < -0.39 is 18.1 Å². The maximum atomic E-state index is 10.7. The van der Waals surface area contributed by atoms with Crippen LogP contribution in [0.5, 0.6) is 0 Å². The molecule has 2 aliphatic heterocycles. The Morgan fingerprint density at radius 3 is 2.48 bits per heavy atom. The molecule has 0 radical (unpaired) electrons. The Balaban J connectivity index is 0.000000146. The first-order valence-corrected chi connectivity index (χ1v) is 8.44. The molecule has 1 aromatic carbocycles. The Kier molecular flexibility index (Phi) is 5.07. The van der Waals surface area contributed by atoms with Crippen LogP contribution in [0.15, 0.2) is 48.6 Å². The number of carbonyl (C=O) groups is 2. The van der Waals surface area contributed by atoms with Crippen LogP contribution in [0.2, 0.25) is 0 Å². The number of nitrogens with zero attached hydrogens (tertiary/aromatic N) is 1. The average molecular weight is 342 g/mol. The fraction of sp³-hybridized carbons (Fsp3) is 0.368. The van der Waals surface area contributed by atoms with Gasteiger partial charge in [-0.2, -0.15) is 0 Å². The monoisotopic (exact) mass is 342 g/mol. The lowest BCUT2D eigenvalue weighted by molar-refractivity contribution is -0.137. The molecular formula is C19H22N2O4. The number of likely N-dealkylation sites (tertiary alicyclic amines) is 1. The van der Waals surface area contributed by atoms with Gasteiger partial charge < -0.3 is 20.4 Å². The maximum Gasteiger partial charge on any atom is 0.407 e. The van der Waals surface area contributed by atoms with Gasteiger partial charge in [-0.25, -0.2) is 9.59 Å². The Bertz CT molecular complexity index is 688. The van der Waals surface area contributed by atoms with Gasteiger partial charge in [0.25, 0.3) is 0 Å². The molecular weight excluding hydrogens is 320 g/mol. The third kappa shape index (κ3) is 4.02. The van der Waals surface area contributed by atoms with Crippen LogP contribution in [0.4, 0.5) is 10.5 Å². The summed E-state index contributed by atoms with van der Waals surface area (Å²) in [6, 6.07) is 7.23. The Morgan fingerprint density at radius 1 is 1.08 bits per heavy atom. The summed E-state index contributed by atoms with van der Waals surface area (Å²) in [5.41, 5.74) is 2.04. The summed E-state index contributed by atoms with van der Waals surface area (Å²) in [6.45, 7) is 1.33. The SMILES string of the molecule is O=C(O)C1Cc2ccccc2N1.O=C(O)N1CCC2C=CC=CC2C1. The van der Waals surface area contributed by atoms with Crippen LogP contribution in [0, 0.1) is 11.8 Å².